The molecule has 0 spiro atoms. The molecule has 0 N–H and O–H groups in total. The molecule has 2 rings (SSSR count). The molecule has 0 atom stereocenters. The van der Waals surface area contributed by atoms with Gasteiger partial charge in [-0.15, -0.1) is 17.7 Å². The van der Waals surface area contributed by atoms with Crippen LogP contribution in [0.15, 0.2) is 60.7 Å². The zero-order chi connectivity index (χ0) is 12.3. The molecule has 0 aliphatic carbocycles. The second kappa shape index (κ2) is 10.9. The topological polar surface area (TPSA) is 18.5 Å². The Morgan fingerprint density at radius 2 is 1.33 bits per heavy atom. The molecule has 0 aliphatic rings. The first-order chi connectivity index (χ1) is 8.38. The third-order valence-corrected chi connectivity index (χ3v) is 1.99. The molecule has 0 amide bonds. The van der Waals surface area contributed by atoms with Crippen LogP contribution >= 0.6 is 0 Å². The van der Waals surface area contributed by atoms with Gasteiger partial charge in [-0.25, -0.2) is 0 Å². The normalized spacial score (nSPS) is 8.56. The van der Waals surface area contributed by atoms with Gasteiger partial charge >= 0.3 is 16.8 Å². The Hall–Kier alpha value is -1.26. The van der Waals surface area contributed by atoms with Crippen LogP contribution in [0.3, 0.4) is 0 Å². The summed E-state index contributed by atoms with van der Waals surface area (Å²) in [4.78, 5) is 0. The van der Waals surface area contributed by atoms with E-state index in [2.05, 4.69) is 6.07 Å². The fraction of sp³-hybridized carbons (Fsp3) is 0.133. The third kappa shape index (κ3) is 6.47. The van der Waals surface area contributed by atoms with E-state index in [0.717, 1.165) is 5.56 Å². The van der Waals surface area contributed by atoms with Gasteiger partial charge in [-0.2, -0.15) is 48.5 Å². The van der Waals surface area contributed by atoms with Gasteiger partial charge in [-0.05, 0) is 0 Å². The Balaban J connectivity index is 0.000000352. The van der Waals surface area contributed by atoms with Gasteiger partial charge < -0.3 is 9.47 Å². The van der Waals surface area contributed by atoms with E-state index in [4.69, 9.17) is 9.47 Å². The summed E-state index contributed by atoms with van der Waals surface area (Å²) in [7, 11) is 3.18. The number of rotatable bonds is 3. The molecule has 0 aliphatic heterocycles. The molecular weight excluding hydrogens is 271 g/mol. The summed E-state index contributed by atoms with van der Waals surface area (Å²) in [6, 6.07) is 22.2. The van der Waals surface area contributed by atoms with Crippen molar-refractivity contribution in [3.8, 4) is 0 Å². The van der Waals surface area contributed by atoms with Crippen molar-refractivity contribution in [2.45, 2.75) is 0 Å². The van der Waals surface area contributed by atoms with Gasteiger partial charge in [0.2, 0.25) is 0 Å². The van der Waals surface area contributed by atoms with Gasteiger partial charge in [0, 0.05) is 14.2 Å². The minimum Gasteiger partial charge on any atom is -0.388 e. The standard InChI is InChI=1S/C9H11O2.C6H5.Co/c1-10-9(11-2)8-6-4-3-5-7-8;1-2-4-6-5-3-1;/h3-7H,1-2H3;1-5H;/q2*-1;+2. The summed E-state index contributed by atoms with van der Waals surface area (Å²) in [6.07, 6.45) is 0.547. The number of methoxy groups -OCH3 is 2. The molecular formula is C15H16CoO2. The Kier molecular flexibility index (Phi) is 10.1. The summed E-state index contributed by atoms with van der Waals surface area (Å²) < 4.78 is 9.96. The molecule has 2 aromatic rings. The maximum atomic E-state index is 4.98. The maximum Gasteiger partial charge on any atom is 2.00 e. The fourth-order valence-electron chi connectivity index (χ4n) is 1.24. The van der Waals surface area contributed by atoms with Crippen molar-refractivity contribution < 1.29 is 26.3 Å². The fourth-order valence-corrected chi connectivity index (χ4v) is 1.24. The molecule has 3 heteroatoms. The van der Waals surface area contributed by atoms with Gasteiger partial charge in [0.1, 0.15) is 0 Å². The molecule has 0 fully saturated rings. The summed E-state index contributed by atoms with van der Waals surface area (Å²) in [5.74, 6) is 0. The third-order valence-electron chi connectivity index (χ3n) is 1.99. The van der Waals surface area contributed by atoms with Crippen molar-refractivity contribution in [1.29, 1.82) is 0 Å². The first-order valence-electron chi connectivity index (χ1n) is 5.30. The van der Waals surface area contributed by atoms with E-state index >= 15 is 0 Å². The number of hydrogen-bond acceptors (Lipinski definition) is 2. The Morgan fingerprint density at radius 3 is 1.67 bits per heavy atom. The number of ether oxygens (including phenoxy) is 2. The molecule has 0 aromatic heterocycles. The van der Waals surface area contributed by atoms with E-state index < -0.39 is 0 Å². The number of benzene rings is 2. The zero-order valence-corrected chi connectivity index (χ0v) is 11.5. The van der Waals surface area contributed by atoms with E-state index in [1.54, 1.807) is 14.2 Å². The van der Waals surface area contributed by atoms with E-state index in [9.17, 15) is 0 Å². The van der Waals surface area contributed by atoms with Crippen molar-refractivity contribution in [2.24, 2.45) is 0 Å². The van der Waals surface area contributed by atoms with Gasteiger partial charge in [0.05, 0.1) is 6.29 Å². The second-order valence-corrected chi connectivity index (χ2v) is 3.14. The molecule has 0 unspecified atom stereocenters. The van der Waals surface area contributed by atoms with E-state index in [0.29, 0.717) is 6.29 Å². The van der Waals surface area contributed by atoms with Crippen molar-refractivity contribution in [2.75, 3.05) is 14.2 Å². The van der Waals surface area contributed by atoms with E-state index in [1.807, 2.05) is 60.7 Å². The van der Waals surface area contributed by atoms with Crippen molar-refractivity contribution in [1.82, 2.24) is 0 Å². The molecule has 97 valence electrons. The van der Waals surface area contributed by atoms with Crippen molar-refractivity contribution >= 4 is 0 Å². The molecule has 0 heterocycles. The smallest absolute Gasteiger partial charge is 0.388 e. The average molecular weight is 287 g/mol. The first kappa shape index (κ1) is 16.7. The Labute approximate surface area is 119 Å². The summed E-state index contributed by atoms with van der Waals surface area (Å²) in [5, 5.41) is 0. The molecule has 1 radical (unpaired) electrons. The van der Waals surface area contributed by atoms with Crippen LogP contribution in [0.4, 0.5) is 0 Å². The van der Waals surface area contributed by atoms with Crippen LogP contribution in [0, 0.1) is 12.4 Å². The second-order valence-electron chi connectivity index (χ2n) is 3.14. The van der Waals surface area contributed by atoms with Gasteiger partial charge in [0.25, 0.3) is 0 Å². The van der Waals surface area contributed by atoms with Crippen LogP contribution in [0.2, 0.25) is 0 Å². The predicted molar refractivity (Wildman–Crippen MR) is 68.1 cm³/mol. The number of hydrogen-bond donors (Lipinski definition) is 0. The van der Waals surface area contributed by atoms with Crippen LogP contribution in [0.25, 0.3) is 0 Å². The first-order valence-corrected chi connectivity index (χ1v) is 5.30. The minimum absolute atomic E-state index is 0. The maximum absolute atomic E-state index is 4.98. The van der Waals surface area contributed by atoms with Crippen LogP contribution in [0.1, 0.15) is 5.56 Å². The summed E-state index contributed by atoms with van der Waals surface area (Å²) in [6.45, 7) is 0. The quantitative estimate of drug-likeness (QED) is 0.806. The molecule has 2 nitrogen and oxygen atoms in total. The zero-order valence-electron chi connectivity index (χ0n) is 10.4. The molecule has 0 saturated carbocycles. The average Bonchev–Trinajstić information content (AvgIpc) is 2.44. The van der Waals surface area contributed by atoms with Gasteiger partial charge in [0.15, 0.2) is 0 Å². The van der Waals surface area contributed by atoms with Crippen molar-refractivity contribution in [3.63, 3.8) is 0 Å². The largest absolute Gasteiger partial charge is 2.00 e. The summed E-state index contributed by atoms with van der Waals surface area (Å²) >= 11 is 0. The van der Waals surface area contributed by atoms with Crippen LogP contribution in [-0.2, 0) is 26.3 Å². The van der Waals surface area contributed by atoms with Gasteiger partial charge in [-0.1, -0.05) is 6.07 Å². The molecule has 0 saturated heterocycles. The van der Waals surface area contributed by atoms with Gasteiger partial charge in [-0.3, -0.25) is 0 Å². The minimum atomic E-state index is 0. The predicted octanol–water partition coefficient (Wildman–Crippen LogP) is 3.30. The monoisotopic (exact) mass is 287 g/mol. The van der Waals surface area contributed by atoms with E-state index in [-0.39, 0.29) is 16.8 Å². The van der Waals surface area contributed by atoms with Crippen LogP contribution < -0.4 is 0 Å². The van der Waals surface area contributed by atoms with Crippen LogP contribution in [0.5, 0.6) is 0 Å². The summed E-state index contributed by atoms with van der Waals surface area (Å²) in [5.41, 5.74) is 0.956. The van der Waals surface area contributed by atoms with Crippen LogP contribution in [-0.4, -0.2) is 14.2 Å². The SMILES string of the molecule is CO[C-](OC)c1ccccc1.[Co+2].[c-]1ccccc1. The molecule has 18 heavy (non-hydrogen) atoms. The molecule has 0 bridgehead atoms. The Bertz CT molecular complexity index is 348. The Morgan fingerprint density at radius 1 is 0.833 bits per heavy atom. The van der Waals surface area contributed by atoms with E-state index in [1.165, 1.54) is 0 Å². The molecule has 2 aromatic carbocycles. The van der Waals surface area contributed by atoms with Crippen molar-refractivity contribution in [3.05, 3.63) is 78.6 Å².